The van der Waals surface area contributed by atoms with Crippen molar-refractivity contribution in [2.24, 2.45) is 0 Å². The second kappa shape index (κ2) is 3.67. The van der Waals surface area contributed by atoms with Crippen LogP contribution in [0.2, 0.25) is 0 Å². The first kappa shape index (κ1) is 10.2. The topological polar surface area (TPSA) is 75.3 Å². The molecule has 0 radical (unpaired) electrons. The minimum absolute atomic E-state index is 0.232. The molecule has 0 saturated heterocycles. The first-order chi connectivity index (χ1) is 7.09. The van der Waals surface area contributed by atoms with Crippen LogP contribution in [0.5, 0.6) is 5.75 Å². The normalized spacial score (nSPS) is 10.5. The third-order valence-electron chi connectivity index (χ3n) is 1.72. The third kappa shape index (κ3) is 1.75. The van der Waals surface area contributed by atoms with E-state index in [9.17, 15) is 9.90 Å². The quantitative estimate of drug-likeness (QED) is 0.887. The zero-order valence-corrected chi connectivity index (χ0v) is 9.62. The van der Waals surface area contributed by atoms with Crippen molar-refractivity contribution in [3.63, 3.8) is 0 Å². The number of hydrogen-bond acceptors (Lipinski definition) is 4. The summed E-state index contributed by atoms with van der Waals surface area (Å²) in [5.41, 5.74) is -0.232. The third-order valence-corrected chi connectivity index (χ3v) is 3.32. The molecular weight excluding hydrogens is 284 g/mol. The summed E-state index contributed by atoms with van der Waals surface area (Å²) in [6.45, 7) is 0. The predicted molar refractivity (Wildman–Crippen MR) is 57.8 cm³/mol. The monoisotopic (exact) mass is 288 g/mol. The second-order valence-electron chi connectivity index (χ2n) is 2.67. The Morgan fingerprint density at radius 1 is 1.53 bits per heavy atom. The lowest BCUT2D eigenvalue weighted by Gasteiger charge is -1.99. The van der Waals surface area contributed by atoms with Crippen molar-refractivity contribution in [2.75, 3.05) is 0 Å². The molecule has 2 aromatic rings. The molecule has 2 heterocycles. The number of nitrogens with zero attached hydrogens (tertiary/aromatic N) is 2. The molecule has 0 aromatic carbocycles. The highest BCUT2D eigenvalue weighted by Gasteiger charge is 2.19. The van der Waals surface area contributed by atoms with E-state index in [1.165, 1.54) is 16.0 Å². The molecule has 2 rings (SSSR count). The zero-order valence-electron chi connectivity index (χ0n) is 7.22. The maximum absolute atomic E-state index is 10.9. The van der Waals surface area contributed by atoms with Crippen LogP contribution in [-0.2, 0) is 0 Å². The molecule has 0 aliphatic carbocycles. The number of carboxylic acids is 1. The Morgan fingerprint density at radius 2 is 2.27 bits per heavy atom. The Hall–Kier alpha value is -1.34. The van der Waals surface area contributed by atoms with Gasteiger partial charge in [0, 0.05) is 0 Å². The number of aromatic nitrogens is 2. The molecule has 0 unspecified atom stereocenters. The average Bonchev–Trinajstić information content (AvgIpc) is 2.71. The van der Waals surface area contributed by atoms with E-state index >= 15 is 0 Å². The highest BCUT2D eigenvalue weighted by atomic mass is 79.9. The van der Waals surface area contributed by atoms with Crippen LogP contribution >= 0.6 is 27.3 Å². The van der Waals surface area contributed by atoms with Gasteiger partial charge in [-0.25, -0.2) is 9.48 Å². The molecule has 15 heavy (non-hydrogen) atoms. The maximum Gasteiger partial charge on any atom is 0.358 e. The van der Waals surface area contributed by atoms with Gasteiger partial charge in [0.05, 0.1) is 9.98 Å². The zero-order chi connectivity index (χ0) is 11.0. The lowest BCUT2D eigenvalue weighted by atomic mass is 10.4. The molecule has 0 aliphatic heterocycles. The van der Waals surface area contributed by atoms with Crippen molar-refractivity contribution < 1.29 is 15.0 Å². The number of hydrogen-bond donors (Lipinski definition) is 2. The summed E-state index contributed by atoms with van der Waals surface area (Å²) < 4.78 is 2.05. The van der Waals surface area contributed by atoms with Crippen LogP contribution in [0.4, 0.5) is 0 Å². The predicted octanol–water partition coefficient (Wildman–Crippen LogP) is 2.10. The van der Waals surface area contributed by atoms with E-state index in [2.05, 4.69) is 21.0 Å². The Bertz CT molecular complexity index is 520. The lowest BCUT2D eigenvalue weighted by molar-refractivity contribution is 0.0684. The lowest BCUT2D eigenvalue weighted by Crippen LogP contribution is -2.06. The number of halogens is 1. The molecule has 2 N–H and O–H groups in total. The van der Waals surface area contributed by atoms with E-state index in [4.69, 9.17) is 5.11 Å². The van der Waals surface area contributed by atoms with Gasteiger partial charge in [-0.2, -0.15) is 5.10 Å². The maximum atomic E-state index is 10.9. The van der Waals surface area contributed by atoms with E-state index in [-0.39, 0.29) is 11.4 Å². The second-order valence-corrected chi connectivity index (χ2v) is 5.11. The highest BCUT2D eigenvalue weighted by Crippen LogP contribution is 2.28. The molecule has 7 heteroatoms. The molecule has 78 valence electrons. The number of rotatable bonds is 2. The fourth-order valence-electron chi connectivity index (χ4n) is 1.13. The fourth-order valence-corrected chi connectivity index (χ4v) is 2.45. The Labute approximate surface area is 96.7 Å². The highest BCUT2D eigenvalue weighted by molar-refractivity contribution is 9.11. The van der Waals surface area contributed by atoms with Gasteiger partial charge in [0.15, 0.2) is 11.4 Å². The first-order valence-electron chi connectivity index (χ1n) is 3.85. The number of carbonyl (C=O) groups is 1. The van der Waals surface area contributed by atoms with Gasteiger partial charge in [-0.15, -0.1) is 11.3 Å². The van der Waals surface area contributed by atoms with Crippen LogP contribution in [0.25, 0.3) is 5.00 Å². The van der Waals surface area contributed by atoms with E-state index in [1.807, 2.05) is 0 Å². The Morgan fingerprint density at radius 3 is 2.80 bits per heavy atom. The van der Waals surface area contributed by atoms with Crippen LogP contribution in [0.1, 0.15) is 10.5 Å². The molecule has 0 spiro atoms. The smallest absolute Gasteiger partial charge is 0.358 e. The summed E-state index contributed by atoms with van der Waals surface area (Å²) in [6.07, 6.45) is 1.11. The van der Waals surface area contributed by atoms with Crippen molar-refractivity contribution in [2.45, 2.75) is 0 Å². The first-order valence-corrected chi connectivity index (χ1v) is 5.46. The Kier molecular flexibility index (Phi) is 2.49. The van der Waals surface area contributed by atoms with Gasteiger partial charge in [0.25, 0.3) is 0 Å². The largest absolute Gasteiger partial charge is 0.504 e. The molecule has 0 aliphatic rings. The summed E-state index contributed by atoms with van der Waals surface area (Å²) in [4.78, 5) is 10.9. The standard InChI is InChI=1S/C8H5BrN2O3S/c9-5-1-2-6(15-5)11-7(8(13)14)4(12)3-10-11/h1-3,12H,(H,13,14). The molecular formula is C8H5BrN2O3S. The van der Waals surface area contributed by atoms with Gasteiger partial charge in [-0.05, 0) is 28.1 Å². The van der Waals surface area contributed by atoms with Crippen LogP contribution in [0.3, 0.4) is 0 Å². The minimum Gasteiger partial charge on any atom is -0.504 e. The number of aromatic carboxylic acids is 1. The van der Waals surface area contributed by atoms with Crippen LogP contribution in [0, 0.1) is 0 Å². The number of carboxylic acid groups (broad SMARTS) is 1. The Balaban J connectivity index is 2.58. The summed E-state index contributed by atoms with van der Waals surface area (Å²) in [7, 11) is 0. The van der Waals surface area contributed by atoms with E-state index in [0.717, 1.165) is 9.98 Å². The SMILES string of the molecule is O=C(O)c1c(O)cnn1-c1ccc(Br)s1. The summed E-state index contributed by atoms with van der Waals surface area (Å²) in [5.74, 6) is -1.55. The molecule has 0 atom stereocenters. The number of aromatic hydroxyl groups is 1. The van der Waals surface area contributed by atoms with Gasteiger partial charge < -0.3 is 10.2 Å². The van der Waals surface area contributed by atoms with Gasteiger partial charge >= 0.3 is 5.97 Å². The average molecular weight is 289 g/mol. The number of thiophene rings is 1. The fraction of sp³-hybridized carbons (Fsp3) is 0. The van der Waals surface area contributed by atoms with Crippen molar-refractivity contribution in [3.8, 4) is 10.8 Å². The van der Waals surface area contributed by atoms with Gasteiger partial charge in [0.1, 0.15) is 5.00 Å². The van der Waals surface area contributed by atoms with Gasteiger partial charge in [-0.3, -0.25) is 0 Å². The van der Waals surface area contributed by atoms with Crippen molar-refractivity contribution in [3.05, 3.63) is 27.8 Å². The molecule has 0 bridgehead atoms. The summed E-state index contributed by atoms with van der Waals surface area (Å²) in [5, 5.41) is 22.6. The summed E-state index contributed by atoms with van der Waals surface area (Å²) in [6, 6.07) is 3.50. The summed E-state index contributed by atoms with van der Waals surface area (Å²) >= 11 is 4.59. The van der Waals surface area contributed by atoms with E-state index < -0.39 is 5.97 Å². The van der Waals surface area contributed by atoms with Crippen molar-refractivity contribution in [1.29, 1.82) is 0 Å². The minimum atomic E-state index is -1.21. The van der Waals surface area contributed by atoms with Crippen LogP contribution in [0.15, 0.2) is 22.1 Å². The van der Waals surface area contributed by atoms with Crippen molar-refractivity contribution in [1.82, 2.24) is 9.78 Å². The molecule has 0 saturated carbocycles. The van der Waals surface area contributed by atoms with Gasteiger partial charge in [0.2, 0.25) is 0 Å². The van der Waals surface area contributed by atoms with Crippen LogP contribution in [-0.4, -0.2) is 26.0 Å². The van der Waals surface area contributed by atoms with Gasteiger partial charge in [-0.1, -0.05) is 0 Å². The molecule has 0 amide bonds. The van der Waals surface area contributed by atoms with Crippen molar-refractivity contribution >= 4 is 33.2 Å². The van der Waals surface area contributed by atoms with Crippen LogP contribution < -0.4 is 0 Å². The molecule has 0 fully saturated rings. The molecule has 2 aromatic heterocycles. The van der Waals surface area contributed by atoms with E-state index in [1.54, 1.807) is 12.1 Å². The molecule has 5 nitrogen and oxygen atoms in total. The van der Waals surface area contributed by atoms with E-state index in [0.29, 0.717) is 5.00 Å².